The first kappa shape index (κ1) is 23.6. The van der Waals surface area contributed by atoms with E-state index in [-0.39, 0.29) is 17.4 Å². The summed E-state index contributed by atoms with van der Waals surface area (Å²) in [5.74, 6) is 0.605. The van der Waals surface area contributed by atoms with E-state index in [1.807, 2.05) is 24.3 Å². The third-order valence-electron chi connectivity index (χ3n) is 3.47. The smallest absolute Gasteiger partial charge is 0.250 e. The lowest BCUT2D eigenvalue weighted by atomic mass is 10.2. The molecule has 1 aromatic heterocycles. The Hall–Kier alpha value is -1.11. The molecule has 12 heteroatoms. The van der Waals surface area contributed by atoms with E-state index in [2.05, 4.69) is 52.6 Å². The fourth-order valence-corrected chi connectivity index (χ4v) is 6.44. The Kier molecular flexibility index (Phi) is 9.02. The van der Waals surface area contributed by atoms with Crippen LogP contribution in [0, 0.1) is 0 Å². The Balaban J connectivity index is 1.46. The molecule has 2 aromatic carbocycles. The summed E-state index contributed by atoms with van der Waals surface area (Å²) >= 11 is 17.0. The molecule has 0 saturated carbocycles. The number of hydrogen-bond donors (Lipinski definition) is 2. The number of rotatable bonds is 8. The fourth-order valence-electron chi connectivity index (χ4n) is 2.09. The molecule has 0 unspecified atom stereocenters. The van der Waals surface area contributed by atoms with Crippen molar-refractivity contribution in [3.63, 3.8) is 0 Å². The molecule has 0 radical (unpaired) electrons. The highest BCUT2D eigenvalue weighted by atomic mass is 79.9. The molecule has 0 spiro atoms. The summed E-state index contributed by atoms with van der Waals surface area (Å²) in [5, 5.41) is 22.8. The number of benzene rings is 2. The van der Waals surface area contributed by atoms with Crippen LogP contribution in [0.3, 0.4) is 0 Å². The highest BCUT2D eigenvalue weighted by Gasteiger charge is 2.10. The van der Waals surface area contributed by atoms with Crippen LogP contribution in [0.4, 0.5) is 0 Å². The molecule has 6 nitrogen and oxygen atoms in total. The molecule has 0 aliphatic heterocycles. The zero-order valence-electron chi connectivity index (χ0n) is 15.0. The fraction of sp³-hybridized carbons (Fsp3) is 0.111. The predicted molar refractivity (Wildman–Crippen MR) is 131 cm³/mol. The van der Waals surface area contributed by atoms with Crippen LogP contribution >= 0.6 is 78.3 Å². The van der Waals surface area contributed by atoms with Crippen LogP contribution in [-0.4, -0.2) is 33.2 Å². The van der Waals surface area contributed by atoms with E-state index in [1.165, 1.54) is 29.3 Å². The summed E-state index contributed by atoms with van der Waals surface area (Å²) in [6.07, 6.45) is 1.38. The predicted octanol–water partition coefficient (Wildman–Crippen LogP) is 5.96. The second kappa shape index (κ2) is 11.5. The van der Waals surface area contributed by atoms with E-state index in [0.29, 0.717) is 20.1 Å². The van der Waals surface area contributed by atoms with Gasteiger partial charge in [0.1, 0.15) is 5.75 Å². The highest BCUT2D eigenvalue weighted by molar-refractivity contribution is 9.11. The molecule has 0 fully saturated rings. The molecule has 30 heavy (non-hydrogen) atoms. The van der Waals surface area contributed by atoms with Gasteiger partial charge < -0.3 is 5.11 Å². The molecule has 0 aliphatic rings. The van der Waals surface area contributed by atoms with E-state index < -0.39 is 0 Å². The summed E-state index contributed by atoms with van der Waals surface area (Å²) in [7, 11) is 0. The average Bonchev–Trinajstić information content (AvgIpc) is 3.17. The van der Waals surface area contributed by atoms with Gasteiger partial charge in [0, 0.05) is 20.8 Å². The quantitative estimate of drug-likeness (QED) is 0.187. The molecule has 2 N–H and O–H groups in total. The standard InChI is InChI=1S/C18H13Br2ClN4O2S3/c19-12-5-11(16(27)13(20)6-12)7-22-23-15(26)9-29-18-25-24-17(30-18)28-8-10-3-1-2-4-14(10)21/h1-7,27H,8-9H2,(H,23,26). The van der Waals surface area contributed by atoms with Crippen molar-refractivity contribution in [2.45, 2.75) is 14.4 Å². The van der Waals surface area contributed by atoms with Gasteiger partial charge >= 0.3 is 0 Å². The van der Waals surface area contributed by atoms with Crippen LogP contribution < -0.4 is 5.43 Å². The number of nitrogens with one attached hydrogen (secondary N) is 1. The molecule has 1 heterocycles. The molecule has 0 aliphatic carbocycles. The minimum atomic E-state index is -0.287. The van der Waals surface area contributed by atoms with Crippen molar-refractivity contribution in [1.82, 2.24) is 15.6 Å². The minimum absolute atomic E-state index is 0.0428. The van der Waals surface area contributed by atoms with Crippen molar-refractivity contribution >= 4 is 90.4 Å². The zero-order valence-corrected chi connectivity index (χ0v) is 21.4. The topological polar surface area (TPSA) is 87.5 Å². The maximum Gasteiger partial charge on any atom is 0.250 e. The summed E-state index contributed by atoms with van der Waals surface area (Å²) < 4.78 is 2.81. The van der Waals surface area contributed by atoms with E-state index in [4.69, 9.17) is 11.6 Å². The Bertz CT molecular complexity index is 1080. The molecular formula is C18H13Br2ClN4O2S3. The number of aromatic hydroxyl groups is 1. The van der Waals surface area contributed by atoms with Gasteiger partial charge in [0.25, 0.3) is 5.91 Å². The van der Waals surface area contributed by atoms with Gasteiger partial charge in [-0.15, -0.1) is 10.2 Å². The van der Waals surface area contributed by atoms with Gasteiger partial charge in [-0.3, -0.25) is 4.79 Å². The van der Waals surface area contributed by atoms with Gasteiger partial charge in [-0.25, -0.2) is 5.43 Å². The monoisotopic (exact) mass is 606 g/mol. The lowest BCUT2D eigenvalue weighted by Gasteiger charge is -2.03. The first-order chi connectivity index (χ1) is 14.4. The molecule has 0 atom stereocenters. The van der Waals surface area contributed by atoms with Crippen LogP contribution in [0.5, 0.6) is 5.75 Å². The summed E-state index contributed by atoms with van der Waals surface area (Å²) in [5.41, 5.74) is 3.93. The number of phenols is 1. The number of nitrogens with zero attached hydrogens (tertiary/aromatic N) is 3. The van der Waals surface area contributed by atoms with Gasteiger partial charge in [-0.05, 0) is 39.7 Å². The molecule has 3 rings (SSSR count). The van der Waals surface area contributed by atoms with E-state index in [1.54, 1.807) is 23.9 Å². The van der Waals surface area contributed by atoms with Crippen LogP contribution in [-0.2, 0) is 10.5 Å². The van der Waals surface area contributed by atoms with Gasteiger partial charge in [0.2, 0.25) is 0 Å². The van der Waals surface area contributed by atoms with Crippen molar-refractivity contribution in [3.8, 4) is 5.75 Å². The van der Waals surface area contributed by atoms with Crippen molar-refractivity contribution in [2.24, 2.45) is 5.10 Å². The van der Waals surface area contributed by atoms with Crippen molar-refractivity contribution in [3.05, 3.63) is 61.5 Å². The summed E-state index contributed by atoms with van der Waals surface area (Å²) in [6.45, 7) is 0. The molecule has 156 valence electrons. The molecular weight excluding hydrogens is 596 g/mol. The SMILES string of the molecule is O=C(CSc1nnc(SCc2ccccc2Cl)s1)NN=Cc1cc(Br)cc(Br)c1O. The number of thioether (sulfide) groups is 2. The molecule has 0 saturated heterocycles. The number of hydrazone groups is 1. The highest BCUT2D eigenvalue weighted by Crippen LogP contribution is 2.32. The van der Waals surface area contributed by atoms with Crippen molar-refractivity contribution in [2.75, 3.05) is 5.75 Å². The Labute approximate surface area is 207 Å². The van der Waals surface area contributed by atoms with Gasteiger partial charge in [0.15, 0.2) is 8.68 Å². The summed E-state index contributed by atoms with van der Waals surface area (Å²) in [4.78, 5) is 12.0. The third-order valence-corrected chi connectivity index (χ3v) is 8.14. The van der Waals surface area contributed by atoms with Gasteiger partial charge in [-0.1, -0.05) is 80.6 Å². The van der Waals surface area contributed by atoms with Crippen LogP contribution in [0.25, 0.3) is 0 Å². The lowest BCUT2D eigenvalue weighted by molar-refractivity contribution is -0.118. The first-order valence-electron chi connectivity index (χ1n) is 8.25. The average molecular weight is 609 g/mol. The number of hydrogen-bond acceptors (Lipinski definition) is 8. The third kappa shape index (κ3) is 6.96. The maximum absolute atomic E-state index is 12.0. The second-order valence-corrected chi connectivity index (χ2v) is 11.2. The normalized spacial score (nSPS) is 11.2. The number of amides is 1. The number of carbonyl (C=O) groups is 1. The number of aromatic nitrogens is 2. The minimum Gasteiger partial charge on any atom is -0.506 e. The molecule has 1 amide bonds. The molecule has 3 aromatic rings. The Morgan fingerprint density at radius 2 is 1.97 bits per heavy atom. The van der Waals surface area contributed by atoms with Crippen LogP contribution in [0.15, 0.2) is 59.1 Å². The largest absolute Gasteiger partial charge is 0.506 e. The van der Waals surface area contributed by atoms with Crippen LogP contribution in [0.1, 0.15) is 11.1 Å². The van der Waals surface area contributed by atoms with Crippen molar-refractivity contribution in [1.29, 1.82) is 0 Å². The van der Waals surface area contributed by atoms with Gasteiger partial charge in [-0.2, -0.15) is 5.10 Å². The van der Waals surface area contributed by atoms with E-state index in [0.717, 1.165) is 19.4 Å². The second-order valence-electron chi connectivity index (χ2n) is 5.62. The van der Waals surface area contributed by atoms with Gasteiger partial charge in [0.05, 0.1) is 16.4 Å². The lowest BCUT2D eigenvalue weighted by Crippen LogP contribution is -2.19. The van der Waals surface area contributed by atoms with Crippen LogP contribution in [0.2, 0.25) is 5.02 Å². The number of halogens is 3. The molecule has 0 bridgehead atoms. The Morgan fingerprint density at radius 3 is 2.73 bits per heavy atom. The number of carbonyl (C=O) groups excluding carboxylic acids is 1. The number of phenolic OH excluding ortho intramolecular Hbond substituents is 1. The zero-order chi connectivity index (χ0) is 21.5. The summed E-state index contributed by atoms with van der Waals surface area (Å²) in [6, 6.07) is 11.1. The van der Waals surface area contributed by atoms with E-state index >= 15 is 0 Å². The van der Waals surface area contributed by atoms with Crippen molar-refractivity contribution < 1.29 is 9.90 Å². The van der Waals surface area contributed by atoms with E-state index in [9.17, 15) is 9.90 Å². The maximum atomic E-state index is 12.0. The first-order valence-corrected chi connectivity index (χ1v) is 13.0. The Morgan fingerprint density at radius 1 is 1.23 bits per heavy atom.